The Morgan fingerprint density at radius 1 is 0.917 bits per heavy atom. The quantitative estimate of drug-likeness (QED) is 0.771. The lowest BCUT2D eigenvalue weighted by Crippen LogP contribution is -2.24. The van der Waals surface area contributed by atoms with Crippen LogP contribution in [-0.4, -0.2) is 13.0 Å². The van der Waals surface area contributed by atoms with Crippen LogP contribution < -0.4 is 10.1 Å². The minimum absolute atomic E-state index is 0.0358. The Bertz CT molecular complexity index is 853. The molecule has 24 heavy (non-hydrogen) atoms. The van der Waals surface area contributed by atoms with Crippen LogP contribution in [0.5, 0.6) is 5.75 Å². The number of hydrogen-bond acceptors (Lipinski definition) is 2. The maximum absolute atomic E-state index is 12.1. The van der Waals surface area contributed by atoms with Crippen molar-refractivity contribution in [2.75, 3.05) is 7.11 Å². The molecular formula is C21H21NO2. The number of amides is 1. The van der Waals surface area contributed by atoms with Crippen molar-refractivity contribution in [3.63, 3.8) is 0 Å². The van der Waals surface area contributed by atoms with Gasteiger partial charge in [-0.15, -0.1) is 0 Å². The van der Waals surface area contributed by atoms with Crippen molar-refractivity contribution in [1.29, 1.82) is 0 Å². The van der Waals surface area contributed by atoms with E-state index in [1.54, 1.807) is 7.11 Å². The van der Waals surface area contributed by atoms with E-state index in [0.717, 1.165) is 27.6 Å². The van der Waals surface area contributed by atoms with Crippen LogP contribution in [0.2, 0.25) is 0 Å². The number of aryl methyl sites for hydroxylation is 1. The van der Waals surface area contributed by atoms with Crippen LogP contribution in [0.1, 0.15) is 16.7 Å². The Hall–Kier alpha value is -2.81. The van der Waals surface area contributed by atoms with Crippen molar-refractivity contribution in [3.05, 3.63) is 77.4 Å². The first kappa shape index (κ1) is 16.1. The molecule has 0 heterocycles. The summed E-state index contributed by atoms with van der Waals surface area (Å²) in [6.07, 6.45) is 0.408. The smallest absolute Gasteiger partial charge is 0.224 e. The lowest BCUT2D eigenvalue weighted by atomic mass is 10.1. The van der Waals surface area contributed by atoms with Crippen molar-refractivity contribution in [2.24, 2.45) is 0 Å². The lowest BCUT2D eigenvalue weighted by molar-refractivity contribution is -0.120. The predicted molar refractivity (Wildman–Crippen MR) is 97.2 cm³/mol. The molecule has 3 aromatic rings. The standard InChI is InChI=1S/C21H21NO2/c1-15-3-5-16(6-4-15)12-21(23)22-14-17-7-8-19-13-20(24-2)10-9-18(19)11-17/h3-11,13H,12,14H2,1-2H3,(H,22,23). The molecule has 0 saturated carbocycles. The zero-order valence-corrected chi connectivity index (χ0v) is 14.0. The minimum Gasteiger partial charge on any atom is -0.497 e. The van der Waals surface area contributed by atoms with Gasteiger partial charge in [-0.1, -0.05) is 48.0 Å². The Balaban J connectivity index is 1.62. The molecule has 0 spiro atoms. The summed E-state index contributed by atoms with van der Waals surface area (Å²) < 4.78 is 5.24. The molecule has 0 saturated heterocycles. The predicted octanol–water partition coefficient (Wildman–Crippen LogP) is 4.02. The fraction of sp³-hybridized carbons (Fsp3) is 0.190. The topological polar surface area (TPSA) is 38.3 Å². The van der Waals surface area contributed by atoms with Gasteiger partial charge in [-0.2, -0.15) is 0 Å². The van der Waals surface area contributed by atoms with Crippen LogP contribution >= 0.6 is 0 Å². The molecule has 0 radical (unpaired) electrons. The summed E-state index contributed by atoms with van der Waals surface area (Å²) in [5, 5.41) is 5.25. The first-order valence-electron chi connectivity index (χ1n) is 8.03. The minimum atomic E-state index is 0.0358. The molecule has 3 rings (SSSR count). The number of ether oxygens (including phenoxy) is 1. The lowest BCUT2D eigenvalue weighted by Gasteiger charge is -2.08. The van der Waals surface area contributed by atoms with E-state index in [0.29, 0.717) is 13.0 Å². The third-order valence-corrected chi connectivity index (χ3v) is 4.09. The van der Waals surface area contributed by atoms with E-state index in [1.165, 1.54) is 5.56 Å². The van der Waals surface area contributed by atoms with Crippen LogP contribution in [0, 0.1) is 6.92 Å². The number of rotatable bonds is 5. The average Bonchev–Trinajstić information content (AvgIpc) is 2.61. The normalized spacial score (nSPS) is 10.6. The Labute approximate surface area is 142 Å². The number of carbonyl (C=O) groups is 1. The Morgan fingerprint density at radius 3 is 2.33 bits per heavy atom. The maximum atomic E-state index is 12.1. The van der Waals surface area contributed by atoms with Gasteiger partial charge < -0.3 is 10.1 Å². The zero-order valence-electron chi connectivity index (χ0n) is 14.0. The van der Waals surface area contributed by atoms with Gasteiger partial charge >= 0.3 is 0 Å². The monoisotopic (exact) mass is 319 g/mol. The maximum Gasteiger partial charge on any atom is 0.224 e. The van der Waals surface area contributed by atoms with Gasteiger partial charge in [-0.05, 0) is 47.0 Å². The number of nitrogens with one attached hydrogen (secondary N) is 1. The molecule has 0 aliphatic heterocycles. The highest BCUT2D eigenvalue weighted by atomic mass is 16.5. The SMILES string of the molecule is COc1ccc2cc(CNC(=O)Cc3ccc(C)cc3)ccc2c1. The van der Waals surface area contributed by atoms with Crippen LogP contribution in [0.4, 0.5) is 0 Å². The second-order valence-corrected chi connectivity index (χ2v) is 5.99. The summed E-state index contributed by atoms with van der Waals surface area (Å²) in [5.74, 6) is 0.885. The molecule has 1 N–H and O–H groups in total. The van der Waals surface area contributed by atoms with Crippen molar-refractivity contribution >= 4 is 16.7 Å². The van der Waals surface area contributed by atoms with Crippen molar-refractivity contribution in [2.45, 2.75) is 19.9 Å². The molecule has 0 bridgehead atoms. The third-order valence-electron chi connectivity index (χ3n) is 4.09. The molecule has 1 amide bonds. The fourth-order valence-electron chi connectivity index (χ4n) is 2.66. The molecule has 0 fully saturated rings. The van der Waals surface area contributed by atoms with Crippen LogP contribution in [0.25, 0.3) is 10.8 Å². The first-order chi connectivity index (χ1) is 11.6. The van der Waals surface area contributed by atoms with Crippen molar-refractivity contribution in [1.82, 2.24) is 5.32 Å². The molecule has 0 unspecified atom stereocenters. The Morgan fingerprint density at radius 2 is 1.58 bits per heavy atom. The molecule has 0 aliphatic rings. The van der Waals surface area contributed by atoms with E-state index < -0.39 is 0 Å². The van der Waals surface area contributed by atoms with Gasteiger partial charge in [-0.25, -0.2) is 0 Å². The number of benzene rings is 3. The first-order valence-corrected chi connectivity index (χ1v) is 8.03. The molecule has 122 valence electrons. The summed E-state index contributed by atoms with van der Waals surface area (Å²) in [5.41, 5.74) is 3.32. The van der Waals surface area contributed by atoms with E-state index in [9.17, 15) is 4.79 Å². The van der Waals surface area contributed by atoms with Crippen LogP contribution in [0.3, 0.4) is 0 Å². The summed E-state index contributed by atoms with van der Waals surface area (Å²) in [6.45, 7) is 2.58. The Kier molecular flexibility index (Phi) is 4.80. The van der Waals surface area contributed by atoms with E-state index in [-0.39, 0.29) is 5.91 Å². The third kappa shape index (κ3) is 3.93. The summed E-state index contributed by atoms with van der Waals surface area (Å²) in [4.78, 5) is 12.1. The summed E-state index contributed by atoms with van der Waals surface area (Å²) in [6, 6.07) is 20.2. The number of methoxy groups -OCH3 is 1. The number of carbonyl (C=O) groups excluding carboxylic acids is 1. The fourth-order valence-corrected chi connectivity index (χ4v) is 2.66. The van der Waals surface area contributed by atoms with Crippen molar-refractivity contribution in [3.8, 4) is 5.75 Å². The van der Waals surface area contributed by atoms with Crippen LogP contribution in [0.15, 0.2) is 60.7 Å². The molecular weight excluding hydrogens is 298 g/mol. The summed E-state index contributed by atoms with van der Waals surface area (Å²) >= 11 is 0. The second kappa shape index (κ2) is 7.18. The summed E-state index contributed by atoms with van der Waals surface area (Å²) in [7, 11) is 1.67. The van der Waals surface area contributed by atoms with E-state index in [4.69, 9.17) is 4.74 Å². The van der Waals surface area contributed by atoms with Gasteiger partial charge in [0.05, 0.1) is 13.5 Å². The van der Waals surface area contributed by atoms with E-state index in [1.807, 2.05) is 55.5 Å². The average molecular weight is 319 g/mol. The highest BCUT2D eigenvalue weighted by Crippen LogP contribution is 2.21. The van der Waals surface area contributed by atoms with Gasteiger partial charge in [0.15, 0.2) is 0 Å². The molecule has 3 heteroatoms. The second-order valence-electron chi connectivity index (χ2n) is 5.99. The van der Waals surface area contributed by atoms with Crippen molar-refractivity contribution < 1.29 is 9.53 Å². The molecule has 3 nitrogen and oxygen atoms in total. The van der Waals surface area contributed by atoms with Gasteiger partial charge in [0, 0.05) is 6.54 Å². The van der Waals surface area contributed by atoms with Gasteiger partial charge in [-0.3, -0.25) is 4.79 Å². The van der Waals surface area contributed by atoms with E-state index >= 15 is 0 Å². The highest BCUT2D eigenvalue weighted by molar-refractivity contribution is 5.84. The number of hydrogen-bond donors (Lipinski definition) is 1. The highest BCUT2D eigenvalue weighted by Gasteiger charge is 2.04. The van der Waals surface area contributed by atoms with Gasteiger partial charge in [0.2, 0.25) is 5.91 Å². The number of fused-ring (bicyclic) bond motifs is 1. The van der Waals surface area contributed by atoms with Crippen LogP contribution in [-0.2, 0) is 17.8 Å². The molecule has 0 atom stereocenters. The van der Waals surface area contributed by atoms with Gasteiger partial charge in [0.1, 0.15) is 5.75 Å². The zero-order chi connectivity index (χ0) is 16.9. The molecule has 0 aromatic heterocycles. The van der Waals surface area contributed by atoms with E-state index in [2.05, 4.69) is 17.4 Å². The molecule has 0 aliphatic carbocycles. The van der Waals surface area contributed by atoms with Gasteiger partial charge in [0.25, 0.3) is 0 Å². The molecule has 3 aromatic carbocycles. The largest absolute Gasteiger partial charge is 0.497 e.